The molecule has 0 aromatic carbocycles. The topological polar surface area (TPSA) is 66.4 Å². The molecule has 3 heterocycles. The average molecular weight is 274 g/mol. The fourth-order valence-electron chi connectivity index (χ4n) is 3.17. The summed E-state index contributed by atoms with van der Waals surface area (Å²) in [6.45, 7) is 9.32. The highest BCUT2D eigenvalue weighted by atomic mass is 16.8. The van der Waals surface area contributed by atoms with E-state index in [9.17, 15) is 5.11 Å². The molecule has 3 aliphatic rings. The van der Waals surface area contributed by atoms with E-state index in [1.54, 1.807) is 0 Å². The summed E-state index contributed by atoms with van der Waals surface area (Å²) in [5.41, 5.74) is 0. The molecule has 6 nitrogen and oxygen atoms in total. The largest absolute Gasteiger partial charge is 0.366 e. The van der Waals surface area contributed by atoms with E-state index in [1.807, 2.05) is 34.6 Å². The molecule has 3 aliphatic heterocycles. The van der Waals surface area contributed by atoms with E-state index < -0.39 is 30.1 Å². The molecule has 3 fully saturated rings. The Hall–Kier alpha value is -0.240. The van der Waals surface area contributed by atoms with Crippen LogP contribution in [0.25, 0.3) is 0 Å². The van der Waals surface area contributed by atoms with Crippen LogP contribution in [0.3, 0.4) is 0 Å². The Kier molecular flexibility index (Phi) is 2.98. The first-order valence-electron chi connectivity index (χ1n) is 6.73. The molecular weight excluding hydrogens is 252 g/mol. The SMILES string of the molecule is C[C@@H]1OC(C)(C)O[C@H]1[C@H]1O[C@@H](O)[C@H]2OC(C)(C)O[C@@H]12. The maximum absolute atomic E-state index is 9.96. The summed E-state index contributed by atoms with van der Waals surface area (Å²) in [7, 11) is 0. The lowest BCUT2D eigenvalue weighted by molar-refractivity contribution is -0.236. The van der Waals surface area contributed by atoms with Gasteiger partial charge in [-0.3, -0.25) is 0 Å². The smallest absolute Gasteiger partial charge is 0.184 e. The predicted molar refractivity (Wildman–Crippen MR) is 64.2 cm³/mol. The van der Waals surface area contributed by atoms with E-state index in [0.717, 1.165) is 0 Å². The second-order valence-corrected chi connectivity index (χ2v) is 6.36. The molecule has 0 aliphatic carbocycles. The van der Waals surface area contributed by atoms with Crippen LogP contribution in [-0.2, 0) is 23.7 Å². The first-order chi connectivity index (χ1) is 8.69. The number of fused-ring (bicyclic) bond motifs is 1. The van der Waals surface area contributed by atoms with Crippen molar-refractivity contribution < 1.29 is 28.8 Å². The van der Waals surface area contributed by atoms with E-state index in [2.05, 4.69) is 0 Å². The Balaban J connectivity index is 1.79. The number of hydrogen-bond donors (Lipinski definition) is 1. The molecular formula is C13H22O6. The molecule has 0 aromatic rings. The van der Waals surface area contributed by atoms with Crippen molar-refractivity contribution in [2.24, 2.45) is 0 Å². The molecule has 3 saturated heterocycles. The van der Waals surface area contributed by atoms with E-state index in [0.29, 0.717) is 0 Å². The maximum Gasteiger partial charge on any atom is 0.184 e. The molecule has 0 unspecified atom stereocenters. The molecule has 0 amide bonds. The minimum Gasteiger partial charge on any atom is -0.366 e. The molecule has 0 aromatic heterocycles. The van der Waals surface area contributed by atoms with Crippen molar-refractivity contribution in [1.29, 1.82) is 0 Å². The number of rotatable bonds is 1. The summed E-state index contributed by atoms with van der Waals surface area (Å²) in [5, 5.41) is 9.96. The Bertz CT molecular complexity index is 364. The Morgan fingerprint density at radius 3 is 1.84 bits per heavy atom. The predicted octanol–water partition coefficient (Wildman–Crippen LogP) is 0.764. The lowest BCUT2D eigenvalue weighted by atomic mass is 10.0. The molecule has 6 atom stereocenters. The van der Waals surface area contributed by atoms with Crippen LogP contribution < -0.4 is 0 Å². The van der Waals surface area contributed by atoms with Crippen LogP contribution in [0.1, 0.15) is 34.6 Å². The monoisotopic (exact) mass is 274 g/mol. The first kappa shape index (κ1) is 13.7. The van der Waals surface area contributed by atoms with Crippen molar-refractivity contribution in [2.75, 3.05) is 0 Å². The maximum atomic E-state index is 9.96. The highest BCUT2D eigenvalue weighted by molar-refractivity contribution is 5.00. The highest BCUT2D eigenvalue weighted by Crippen LogP contribution is 2.42. The Morgan fingerprint density at radius 2 is 1.26 bits per heavy atom. The zero-order valence-electron chi connectivity index (χ0n) is 12.0. The van der Waals surface area contributed by atoms with Crippen molar-refractivity contribution >= 4 is 0 Å². The van der Waals surface area contributed by atoms with Crippen LogP contribution >= 0.6 is 0 Å². The van der Waals surface area contributed by atoms with Crippen molar-refractivity contribution in [1.82, 2.24) is 0 Å². The molecule has 3 rings (SSSR count). The number of hydrogen-bond acceptors (Lipinski definition) is 6. The van der Waals surface area contributed by atoms with Gasteiger partial charge in [0.15, 0.2) is 17.9 Å². The van der Waals surface area contributed by atoms with E-state index in [1.165, 1.54) is 0 Å². The molecule has 0 spiro atoms. The summed E-state index contributed by atoms with van der Waals surface area (Å²) in [6, 6.07) is 0. The summed E-state index contributed by atoms with van der Waals surface area (Å²) in [5.74, 6) is -1.36. The van der Waals surface area contributed by atoms with Gasteiger partial charge in [-0.1, -0.05) is 0 Å². The quantitative estimate of drug-likeness (QED) is 0.761. The Morgan fingerprint density at radius 1 is 0.737 bits per heavy atom. The third-order valence-corrected chi connectivity index (χ3v) is 3.74. The van der Waals surface area contributed by atoms with Crippen molar-refractivity contribution in [3.8, 4) is 0 Å². The summed E-state index contributed by atoms with van der Waals surface area (Å²) < 4.78 is 28.7. The lowest BCUT2D eigenvalue weighted by Gasteiger charge is -2.27. The van der Waals surface area contributed by atoms with Gasteiger partial charge >= 0.3 is 0 Å². The van der Waals surface area contributed by atoms with Crippen LogP contribution in [0.15, 0.2) is 0 Å². The molecule has 0 bridgehead atoms. The van der Waals surface area contributed by atoms with Gasteiger partial charge in [-0.25, -0.2) is 0 Å². The van der Waals surface area contributed by atoms with Gasteiger partial charge in [0.05, 0.1) is 6.10 Å². The van der Waals surface area contributed by atoms with Gasteiger partial charge < -0.3 is 28.8 Å². The minimum atomic E-state index is -0.990. The fraction of sp³-hybridized carbons (Fsp3) is 1.00. The van der Waals surface area contributed by atoms with Crippen molar-refractivity contribution in [2.45, 2.75) is 83.0 Å². The molecule has 6 heteroatoms. The molecule has 1 N–H and O–H groups in total. The van der Waals surface area contributed by atoms with Crippen LogP contribution in [0, 0.1) is 0 Å². The second-order valence-electron chi connectivity index (χ2n) is 6.36. The van der Waals surface area contributed by atoms with Gasteiger partial charge in [0.1, 0.15) is 24.4 Å². The van der Waals surface area contributed by atoms with Gasteiger partial charge in [-0.05, 0) is 34.6 Å². The van der Waals surface area contributed by atoms with E-state index in [4.69, 9.17) is 23.7 Å². The van der Waals surface area contributed by atoms with E-state index >= 15 is 0 Å². The first-order valence-corrected chi connectivity index (χ1v) is 6.73. The summed E-state index contributed by atoms with van der Waals surface area (Å²) in [4.78, 5) is 0. The van der Waals surface area contributed by atoms with Crippen LogP contribution in [0.5, 0.6) is 0 Å². The Labute approximate surface area is 112 Å². The molecule has 0 saturated carbocycles. The van der Waals surface area contributed by atoms with Crippen LogP contribution in [0.2, 0.25) is 0 Å². The zero-order valence-corrected chi connectivity index (χ0v) is 12.0. The third kappa shape index (κ3) is 2.30. The summed E-state index contributed by atoms with van der Waals surface area (Å²) >= 11 is 0. The van der Waals surface area contributed by atoms with Crippen LogP contribution in [-0.4, -0.2) is 53.5 Å². The van der Waals surface area contributed by atoms with Crippen molar-refractivity contribution in [3.63, 3.8) is 0 Å². The molecule has 0 radical (unpaired) electrons. The zero-order chi connectivity index (χ0) is 14.0. The normalized spacial score (nSPS) is 51.5. The number of aliphatic hydroxyl groups is 1. The fourth-order valence-corrected chi connectivity index (χ4v) is 3.17. The van der Waals surface area contributed by atoms with Gasteiger partial charge in [-0.2, -0.15) is 0 Å². The minimum absolute atomic E-state index is 0.127. The molecule has 110 valence electrons. The van der Waals surface area contributed by atoms with Gasteiger partial charge in [0, 0.05) is 0 Å². The number of aliphatic hydroxyl groups excluding tert-OH is 1. The average Bonchev–Trinajstić information content (AvgIpc) is 2.79. The summed E-state index contributed by atoms with van der Waals surface area (Å²) in [6.07, 6.45) is -2.60. The van der Waals surface area contributed by atoms with Gasteiger partial charge in [0.25, 0.3) is 0 Å². The molecule has 19 heavy (non-hydrogen) atoms. The lowest BCUT2D eigenvalue weighted by Crippen LogP contribution is -2.43. The van der Waals surface area contributed by atoms with E-state index in [-0.39, 0.29) is 18.3 Å². The van der Waals surface area contributed by atoms with Crippen molar-refractivity contribution in [3.05, 3.63) is 0 Å². The third-order valence-electron chi connectivity index (χ3n) is 3.74. The highest BCUT2D eigenvalue weighted by Gasteiger charge is 2.59. The number of ether oxygens (including phenoxy) is 5. The van der Waals surface area contributed by atoms with Gasteiger partial charge in [-0.15, -0.1) is 0 Å². The second kappa shape index (κ2) is 4.13. The standard InChI is InChI=1S/C13H22O6/c1-6-7(17-12(2,3)16-6)8-9-10(11(14)15-8)19-13(4,5)18-9/h6-11,14H,1-5H3/t6-,7+,8+,9-,10-,11+/m0/s1. The van der Waals surface area contributed by atoms with Crippen LogP contribution in [0.4, 0.5) is 0 Å². The van der Waals surface area contributed by atoms with Gasteiger partial charge in [0.2, 0.25) is 0 Å².